The van der Waals surface area contributed by atoms with Crippen LogP contribution in [-0.2, 0) is 0 Å². The number of benzene rings is 2. The lowest BCUT2D eigenvalue weighted by molar-refractivity contribution is -0.274. The first kappa shape index (κ1) is 16.2. The van der Waals surface area contributed by atoms with Crippen LogP contribution in [0.3, 0.4) is 0 Å². The summed E-state index contributed by atoms with van der Waals surface area (Å²) < 4.78 is 45.8. The van der Waals surface area contributed by atoms with E-state index in [2.05, 4.69) is 4.74 Å². The molecule has 0 aliphatic heterocycles. The molecule has 0 radical (unpaired) electrons. The summed E-state index contributed by atoms with van der Waals surface area (Å²) in [5.74, 6) is 0.210. The summed E-state index contributed by atoms with van der Waals surface area (Å²) in [7, 11) is 0. The summed E-state index contributed by atoms with van der Waals surface area (Å²) in [5, 5.41) is -0.225. The molecule has 3 nitrogen and oxygen atoms in total. The van der Waals surface area contributed by atoms with Gasteiger partial charge in [0, 0.05) is 11.6 Å². The molecule has 0 aliphatic rings. The summed E-state index contributed by atoms with van der Waals surface area (Å²) in [6.07, 6.45) is -4.11. The first-order valence-corrected chi connectivity index (χ1v) is 6.45. The van der Waals surface area contributed by atoms with Crippen LogP contribution < -0.4 is 9.47 Å². The van der Waals surface area contributed by atoms with E-state index in [9.17, 15) is 18.0 Å². The van der Waals surface area contributed by atoms with E-state index >= 15 is 0 Å². The van der Waals surface area contributed by atoms with Crippen molar-refractivity contribution in [2.75, 3.05) is 0 Å². The van der Waals surface area contributed by atoms with Crippen LogP contribution in [0, 0.1) is 6.92 Å². The smallest absolute Gasteiger partial charge is 0.457 e. The fraction of sp³-hybridized carbons (Fsp3) is 0.133. The molecular formula is C15H10ClF3O3. The van der Waals surface area contributed by atoms with Gasteiger partial charge in [-0.3, -0.25) is 4.79 Å². The molecule has 0 amide bonds. The van der Waals surface area contributed by atoms with Gasteiger partial charge >= 0.3 is 6.36 Å². The van der Waals surface area contributed by atoms with Gasteiger partial charge in [-0.1, -0.05) is 11.6 Å². The minimum Gasteiger partial charge on any atom is -0.457 e. The average Bonchev–Trinajstić information content (AvgIpc) is 2.43. The van der Waals surface area contributed by atoms with Crippen molar-refractivity contribution in [2.45, 2.75) is 13.3 Å². The Morgan fingerprint density at radius 2 is 1.77 bits per heavy atom. The largest absolute Gasteiger partial charge is 0.573 e. The van der Waals surface area contributed by atoms with E-state index in [4.69, 9.17) is 16.3 Å². The minimum absolute atomic E-state index is 0.225. The molecule has 0 atom stereocenters. The Labute approximate surface area is 129 Å². The lowest BCUT2D eigenvalue weighted by Crippen LogP contribution is -2.17. The number of aryl methyl sites for hydroxylation is 1. The van der Waals surface area contributed by atoms with Crippen LogP contribution in [0.15, 0.2) is 36.4 Å². The fourth-order valence-electron chi connectivity index (χ4n) is 1.74. The van der Waals surface area contributed by atoms with Crippen LogP contribution in [0.25, 0.3) is 0 Å². The number of rotatable bonds is 4. The van der Waals surface area contributed by atoms with Crippen molar-refractivity contribution in [2.24, 2.45) is 0 Å². The molecule has 0 aromatic heterocycles. The molecule has 0 N–H and O–H groups in total. The van der Waals surface area contributed by atoms with E-state index in [1.165, 1.54) is 12.1 Å². The Kier molecular flexibility index (Phi) is 4.61. The molecule has 2 aromatic rings. The van der Waals surface area contributed by atoms with Gasteiger partial charge in [0.05, 0.1) is 5.02 Å². The number of ether oxygens (including phenoxy) is 2. The summed E-state index contributed by atoms with van der Waals surface area (Å²) in [6.45, 7) is 1.74. The van der Waals surface area contributed by atoms with Crippen molar-refractivity contribution in [3.8, 4) is 17.2 Å². The zero-order chi connectivity index (χ0) is 16.3. The van der Waals surface area contributed by atoms with Crippen LogP contribution in [0.1, 0.15) is 15.9 Å². The van der Waals surface area contributed by atoms with Crippen molar-refractivity contribution >= 4 is 17.9 Å². The molecule has 0 heterocycles. The van der Waals surface area contributed by atoms with Crippen LogP contribution in [0.4, 0.5) is 13.2 Å². The van der Waals surface area contributed by atoms with Crippen molar-refractivity contribution in [1.82, 2.24) is 0 Å². The lowest BCUT2D eigenvalue weighted by atomic mass is 10.1. The zero-order valence-electron chi connectivity index (χ0n) is 11.3. The van der Waals surface area contributed by atoms with Gasteiger partial charge in [-0.15, -0.1) is 13.2 Å². The van der Waals surface area contributed by atoms with Gasteiger partial charge in [0.25, 0.3) is 0 Å². The van der Waals surface area contributed by atoms with E-state index < -0.39 is 12.1 Å². The fourth-order valence-corrected chi connectivity index (χ4v) is 1.95. The Bertz CT molecular complexity index is 699. The number of halogens is 4. The number of carbonyl (C=O) groups is 1. The third-order valence-electron chi connectivity index (χ3n) is 2.69. The molecule has 0 bridgehead atoms. The van der Waals surface area contributed by atoms with Crippen molar-refractivity contribution in [3.05, 3.63) is 52.5 Å². The SMILES string of the molecule is Cc1cc(C=O)ccc1Oc1ccc(OC(F)(F)F)c(Cl)c1. The summed E-state index contributed by atoms with van der Waals surface area (Å²) in [5.41, 5.74) is 1.20. The van der Waals surface area contributed by atoms with Crippen molar-refractivity contribution < 1.29 is 27.4 Å². The lowest BCUT2D eigenvalue weighted by Gasteiger charge is -2.13. The average molecular weight is 331 g/mol. The van der Waals surface area contributed by atoms with Crippen LogP contribution in [0.2, 0.25) is 5.02 Å². The Morgan fingerprint density at radius 3 is 2.32 bits per heavy atom. The van der Waals surface area contributed by atoms with E-state index in [1.54, 1.807) is 25.1 Å². The van der Waals surface area contributed by atoms with Crippen molar-refractivity contribution in [1.29, 1.82) is 0 Å². The van der Waals surface area contributed by atoms with E-state index in [-0.39, 0.29) is 10.8 Å². The van der Waals surface area contributed by atoms with E-state index in [1.807, 2.05) is 0 Å². The van der Waals surface area contributed by atoms with E-state index in [0.29, 0.717) is 23.2 Å². The van der Waals surface area contributed by atoms with Gasteiger partial charge in [0.1, 0.15) is 23.5 Å². The molecular weight excluding hydrogens is 321 g/mol. The molecule has 0 fully saturated rings. The van der Waals surface area contributed by atoms with Gasteiger partial charge in [0.2, 0.25) is 0 Å². The highest BCUT2D eigenvalue weighted by Gasteiger charge is 2.32. The molecule has 0 saturated heterocycles. The molecule has 2 rings (SSSR count). The standard InChI is InChI=1S/C15H10ClF3O3/c1-9-6-10(8-20)2-4-13(9)21-11-3-5-14(12(16)7-11)22-15(17,18)19/h2-8H,1H3. The molecule has 0 unspecified atom stereocenters. The first-order valence-electron chi connectivity index (χ1n) is 6.07. The quantitative estimate of drug-likeness (QED) is 0.727. The second-order valence-corrected chi connectivity index (χ2v) is 4.79. The van der Waals surface area contributed by atoms with Gasteiger partial charge in [0.15, 0.2) is 0 Å². The molecule has 0 saturated carbocycles. The third kappa shape index (κ3) is 4.14. The van der Waals surface area contributed by atoms with Crippen LogP contribution in [-0.4, -0.2) is 12.6 Å². The summed E-state index contributed by atoms with van der Waals surface area (Å²) >= 11 is 5.74. The summed E-state index contributed by atoms with van der Waals surface area (Å²) in [6, 6.07) is 8.38. The van der Waals surface area contributed by atoms with Gasteiger partial charge in [-0.05, 0) is 42.8 Å². The molecule has 2 aromatic carbocycles. The minimum atomic E-state index is -4.81. The molecule has 22 heavy (non-hydrogen) atoms. The molecule has 7 heteroatoms. The molecule has 0 spiro atoms. The van der Waals surface area contributed by atoms with E-state index in [0.717, 1.165) is 6.07 Å². The van der Waals surface area contributed by atoms with Crippen LogP contribution in [0.5, 0.6) is 17.2 Å². The second-order valence-electron chi connectivity index (χ2n) is 4.38. The first-order chi connectivity index (χ1) is 10.3. The predicted octanol–water partition coefficient (Wildman–Crippen LogP) is 5.15. The second kappa shape index (κ2) is 6.27. The monoisotopic (exact) mass is 330 g/mol. The number of aldehydes is 1. The topological polar surface area (TPSA) is 35.5 Å². The third-order valence-corrected chi connectivity index (χ3v) is 2.99. The van der Waals surface area contributed by atoms with Gasteiger partial charge < -0.3 is 9.47 Å². The Balaban J connectivity index is 2.21. The number of alkyl halides is 3. The normalized spacial score (nSPS) is 11.1. The van der Waals surface area contributed by atoms with Crippen LogP contribution >= 0.6 is 11.6 Å². The predicted molar refractivity (Wildman–Crippen MR) is 74.8 cm³/mol. The highest BCUT2D eigenvalue weighted by molar-refractivity contribution is 6.32. The Morgan fingerprint density at radius 1 is 1.09 bits per heavy atom. The maximum Gasteiger partial charge on any atom is 0.573 e. The maximum absolute atomic E-state index is 12.2. The number of hydrogen-bond donors (Lipinski definition) is 0. The van der Waals surface area contributed by atoms with Crippen molar-refractivity contribution in [3.63, 3.8) is 0 Å². The molecule has 0 aliphatic carbocycles. The number of carbonyl (C=O) groups excluding carboxylic acids is 1. The molecule has 116 valence electrons. The Hall–Kier alpha value is -2.21. The highest BCUT2D eigenvalue weighted by Crippen LogP contribution is 2.35. The maximum atomic E-state index is 12.2. The zero-order valence-corrected chi connectivity index (χ0v) is 12.0. The number of hydrogen-bond acceptors (Lipinski definition) is 3. The van der Waals surface area contributed by atoms with Gasteiger partial charge in [-0.25, -0.2) is 0 Å². The highest BCUT2D eigenvalue weighted by atomic mass is 35.5. The van der Waals surface area contributed by atoms with Gasteiger partial charge in [-0.2, -0.15) is 0 Å². The summed E-state index contributed by atoms with van der Waals surface area (Å²) in [4.78, 5) is 10.7.